The number of carbonyl (C=O) groups excluding carboxylic acids is 1. The number of carbonyl (C=O) groups is 1. The van der Waals surface area contributed by atoms with Gasteiger partial charge in [-0.05, 0) is 34.5 Å². The van der Waals surface area contributed by atoms with Gasteiger partial charge < -0.3 is 19.6 Å². The van der Waals surface area contributed by atoms with Crippen molar-refractivity contribution >= 4 is 30.4 Å². The highest BCUT2D eigenvalue weighted by atomic mass is 28.4. The minimum atomic E-state index is -2.45. The first-order valence-electron chi connectivity index (χ1n) is 11.1. The van der Waals surface area contributed by atoms with E-state index in [1.165, 1.54) is 15.9 Å². The lowest BCUT2D eigenvalue weighted by molar-refractivity contribution is -0.127. The van der Waals surface area contributed by atoms with Crippen molar-refractivity contribution in [2.75, 3.05) is 25.1 Å². The SMILES string of the molecule is Cc1ccc(NC(=O)C(O)COCCO[Si]2(c3ccccc3)c3ccccc3C2(C)C)nc1. The number of anilines is 1. The third kappa shape index (κ3) is 4.37. The summed E-state index contributed by atoms with van der Waals surface area (Å²) in [6.45, 7) is 6.98. The van der Waals surface area contributed by atoms with Gasteiger partial charge >= 0.3 is 0 Å². The minimum Gasteiger partial charge on any atom is -0.405 e. The van der Waals surface area contributed by atoms with E-state index in [0.717, 1.165) is 5.56 Å². The van der Waals surface area contributed by atoms with Gasteiger partial charge in [-0.2, -0.15) is 0 Å². The van der Waals surface area contributed by atoms with Crippen molar-refractivity contribution in [2.45, 2.75) is 31.9 Å². The highest BCUT2D eigenvalue weighted by Crippen LogP contribution is 2.42. The van der Waals surface area contributed by atoms with Crippen molar-refractivity contribution in [1.82, 2.24) is 4.98 Å². The third-order valence-electron chi connectivity index (χ3n) is 6.33. The molecule has 4 rings (SSSR count). The fraction of sp³-hybridized carbons (Fsp3) is 0.308. The van der Waals surface area contributed by atoms with Crippen LogP contribution in [-0.2, 0) is 19.0 Å². The Morgan fingerprint density at radius 2 is 1.79 bits per heavy atom. The molecule has 0 spiro atoms. The van der Waals surface area contributed by atoms with Crippen molar-refractivity contribution in [3.8, 4) is 0 Å². The molecule has 2 N–H and O–H groups in total. The van der Waals surface area contributed by atoms with Crippen LogP contribution in [0.2, 0.25) is 0 Å². The van der Waals surface area contributed by atoms with Crippen LogP contribution in [0, 0.1) is 6.92 Å². The van der Waals surface area contributed by atoms with Gasteiger partial charge in [-0.3, -0.25) is 4.79 Å². The molecule has 1 aromatic heterocycles. The predicted octanol–water partition coefficient (Wildman–Crippen LogP) is 2.31. The molecule has 7 heteroatoms. The Morgan fingerprint density at radius 3 is 2.52 bits per heavy atom. The molecule has 2 unspecified atom stereocenters. The topological polar surface area (TPSA) is 80.7 Å². The number of ether oxygens (including phenoxy) is 1. The largest absolute Gasteiger partial charge is 0.405 e. The van der Waals surface area contributed by atoms with Crippen molar-refractivity contribution in [2.24, 2.45) is 0 Å². The van der Waals surface area contributed by atoms with E-state index in [9.17, 15) is 9.90 Å². The number of nitrogens with zero attached hydrogens (tertiary/aromatic N) is 1. The number of pyridine rings is 1. The van der Waals surface area contributed by atoms with Crippen LogP contribution in [0.3, 0.4) is 0 Å². The van der Waals surface area contributed by atoms with Gasteiger partial charge in [0.25, 0.3) is 14.2 Å². The van der Waals surface area contributed by atoms with Crippen molar-refractivity contribution < 1.29 is 19.1 Å². The molecule has 33 heavy (non-hydrogen) atoms. The fourth-order valence-corrected chi connectivity index (χ4v) is 9.56. The lowest BCUT2D eigenvalue weighted by Crippen LogP contribution is -2.81. The molecule has 0 fully saturated rings. The quantitative estimate of drug-likeness (QED) is 0.377. The summed E-state index contributed by atoms with van der Waals surface area (Å²) >= 11 is 0. The molecule has 0 saturated carbocycles. The Bertz CT molecular complexity index is 1100. The normalized spacial score (nSPS) is 19.3. The molecule has 1 aliphatic rings. The number of nitrogens with one attached hydrogen (secondary N) is 1. The highest BCUT2D eigenvalue weighted by Gasteiger charge is 2.62. The number of hydrogen-bond acceptors (Lipinski definition) is 5. The summed E-state index contributed by atoms with van der Waals surface area (Å²) in [6, 6.07) is 22.5. The number of benzene rings is 2. The van der Waals surface area contributed by atoms with Gasteiger partial charge in [0.1, 0.15) is 5.82 Å². The van der Waals surface area contributed by atoms with Crippen molar-refractivity contribution in [1.29, 1.82) is 0 Å². The van der Waals surface area contributed by atoms with E-state index in [-0.39, 0.29) is 18.3 Å². The summed E-state index contributed by atoms with van der Waals surface area (Å²) in [5.74, 6) is -0.147. The lowest BCUT2D eigenvalue weighted by atomic mass is 10.0. The summed E-state index contributed by atoms with van der Waals surface area (Å²) in [4.78, 5) is 16.3. The maximum Gasteiger partial charge on any atom is 0.266 e. The minimum absolute atomic E-state index is 0.0780. The molecule has 6 nitrogen and oxygen atoms in total. The molecule has 0 radical (unpaired) electrons. The standard InChI is InChI=1S/C26H30N2O4Si/c1-19-13-14-24(27-17-19)28-25(30)22(29)18-31-15-16-32-33(20-9-5-4-6-10-20)23-12-8-7-11-21(23)26(33,2)3/h4-14,17,22,29H,15-16,18H2,1-3H3,(H,27,28,30). The van der Waals surface area contributed by atoms with Gasteiger partial charge in [0.2, 0.25) is 0 Å². The molecule has 3 aromatic rings. The summed E-state index contributed by atoms with van der Waals surface area (Å²) in [5, 5.41) is 15.2. The molecule has 0 saturated heterocycles. The number of hydrogen-bond donors (Lipinski definition) is 2. The number of aliphatic hydroxyl groups is 1. The van der Waals surface area contributed by atoms with Gasteiger partial charge in [0.05, 0.1) is 19.8 Å². The number of fused-ring (bicyclic) bond motifs is 1. The van der Waals surface area contributed by atoms with Crippen LogP contribution in [0.15, 0.2) is 72.9 Å². The number of rotatable bonds is 9. The van der Waals surface area contributed by atoms with E-state index in [1.807, 2.05) is 19.1 Å². The molecule has 172 valence electrons. The second kappa shape index (κ2) is 9.57. The van der Waals surface area contributed by atoms with Crippen molar-refractivity contribution in [3.63, 3.8) is 0 Å². The smallest absolute Gasteiger partial charge is 0.266 e. The van der Waals surface area contributed by atoms with E-state index in [1.54, 1.807) is 12.3 Å². The van der Waals surface area contributed by atoms with E-state index in [0.29, 0.717) is 12.4 Å². The van der Waals surface area contributed by atoms with Crippen LogP contribution in [-0.4, -0.2) is 50.2 Å². The maximum absolute atomic E-state index is 12.2. The Hall–Kier alpha value is -2.84. The molecule has 2 atom stereocenters. The molecule has 1 aliphatic heterocycles. The highest BCUT2D eigenvalue weighted by molar-refractivity contribution is 7.03. The predicted molar refractivity (Wildman–Crippen MR) is 131 cm³/mol. The molecular weight excluding hydrogens is 432 g/mol. The second-order valence-corrected chi connectivity index (χ2v) is 12.9. The first-order valence-corrected chi connectivity index (χ1v) is 13.1. The first-order chi connectivity index (χ1) is 15.9. The van der Waals surface area contributed by atoms with Crippen molar-refractivity contribution in [3.05, 3.63) is 84.1 Å². The molecule has 0 bridgehead atoms. The zero-order chi connectivity index (χ0) is 23.5. The molecule has 2 aromatic carbocycles. The number of amides is 1. The monoisotopic (exact) mass is 462 g/mol. The Balaban J connectivity index is 1.35. The van der Waals surface area contributed by atoms with Gasteiger partial charge in [-0.25, -0.2) is 4.98 Å². The van der Waals surface area contributed by atoms with Crippen LogP contribution in [0.4, 0.5) is 5.82 Å². The van der Waals surface area contributed by atoms with Gasteiger partial charge in [-0.1, -0.05) is 74.5 Å². The number of aliphatic hydroxyl groups excluding tert-OH is 1. The van der Waals surface area contributed by atoms with E-state index >= 15 is 0 Å². The van der Waals surface area contributed by atoms with Crippen LogP contribution in [0.1, 0.15) is 25.0 Å². The van der Waals surface area contributed by atoms with Gasteiger partial charge in [0.15, 0.2) is 6.10 Å². The lowest BCUT2D eigenvalue weighted by Gasteiger charge is -2.55. The van der Waals surface area contributed by atoms with Gasteiger partial charge in [0, 0.05) is 11.2 Å². The third-order valence-corrected chi connectivity index (χ3v) is 11.3. The average molecular weight is 463 g/mol. The zero-order valence-corrected chi connectivity index (χ0v) is 20.2. The van der Waals surface area contributed by atoms with Crippen LogP contribution < -0.4 is 15.7 Å². The van der Waals surface area contributed by atoms with E-state index in [2.05, 4.69) is 72.7 Å². The van der Waals surface area contributed by atoms with Gasteiger partial charge in [-0.15, -0.1) is 0 Å². The van der Waals surface area contributed by atoms with Crippen LogP contribution >= 0.6 is 0 Å². The van der Waals surface area contributed by atoms with E-state index in [4.69, 9.17) is 9.16 Å². The molecule has 1 amide bonds. The summed E-state index contributed by atoms with van der Waals surface area (Å²) in [5.41, 5.74) is 2.32. The fourth-order valence-electron chi connectivity index (χ4n) is 4.61. The molecule has 0 aliphatic carbocycles. The van der Waals surface area contributed by atoms with Crippen LogP contribution in [0.25, 0.3) is 0 Å². The summed E-state index contributed by atoms with van der Waals surface area (Å²) in [7, 11) is -2.45. The maximum atomic E-state index is 12.2. The second-order valence-electron chi connectivity index (χ2n) is 8.87. The average Bonchev–Trinajstić information content (AvgIpc) is 2.83. The number of aryl methyl sites for hydroxylation is 1. The Kier molecular flexibility index (Phi) is 6.76. The Morgan fingerprint density at radius 1 is 1.06 bits per heavy atom. The van der Waals surface area contributed by atoms with Crippen LogP contribution in [0.5, 0.6) is 0 Å². The summed E-state index contributed by atoms with van der Waals surface area (Å²) < 4.78 is 12.3. The first kappa shape index (κ1) is 23.3. The molecular formula is C26H30N2O4Si. The number of aromatic nitrogens is 1. The summed E-state index contributed by atoms with van der Waals surface area (Å²) in [6.07, 6.45) is 0.372. The molecule has 2 heterocycles. The Labute approximate surface area is 195 Å². The van der Waals surface area contributed by atoms with E-state index < -0.39 is 20.3 Å². The zero-order valence-electron chi connectivity index (χ0n) is 19.2.